The van der Waals surface area contributed by atoms with Crippen molar-refractivity contribution < 1.29 is 13.9 Å². The number of amides is 1. The molecule has 0 unspecified atom stereocenters. The zero-order chi connectivity index (χ0) is 21.1. The van der Waals surface area contributed by atoms with Crippen LogP contribution >= 0.6 is 15.9 Å². The van der Waals surface area contributed by atoms with Crippen molar-refractivity contribution in [3.8, 4) is 17.1 Å². The summed E-state index contributed by atoms with van der Waals surface area (Å²) in [4.78, 5) is 25.1. The molecule has 0 fully saturated rings. The fraction of sp³-hybridized carbons (Fsp3) is 0.0833. The van der Waals surface area contributed by atoms with E-state index >= 15 is 0 Å². The molecule has 0 saturated heterocycles. The van der Waals surface area contributed by atoms with Gasteiger partial charge in [0.2, 0.25) is 0 Å². The second-order valence-corrected chi connectivity index (χ2v) is 7.43. The van der Waals surface area contributed by atoms with E-state index < -0.39 is 0 Å². The molecule has 0 saturated carbocycles. The van der Waals surface area contributed by atoms with Crippen molar-refractivity contribution in [1.82, 2.24) is 0 Å². The van der Waals surface area contributed by atoms with Gasteiger partial charge < -0.3 is 14.5 Å². The lowest BCUT2D eigenvalue weighted by Crippen LogP contribution is -2.12. The second-order valence-electron chi connectivity index (χ2n) is 6.58. The molecule has 6 heteroatoms. The maximum atomic E-state index is 12.6. The summed E-state index contributed by atoms with van der Waals surface area (Å²) in [6.45, 7) is 2.50. The Kier molecular flexibility index (Phi) is 5.68. The van der Waals surface area contributed by atoms with Crippen LogP contribution in [0.2, 0.25) is 0 Å². The molecule has 5 nitrogen and oxygen atoms in total. The predicted octanol–water partition coefficient (Wildman–Crippen LogP) is 5.87. The van der Waals surface area contributed by atoms with Crippen molar-refractivity contribution in [3.05, 3.63) is 93.1 Å². The van der Waals surface area contributed by atoms with Crippen molar-refractivity contribution in [2.75, 3.05) is 11.9 Å². The third-order valence-electron chi connectivity index (χ3n) is 4.56. The molecule has 0 bridgehead atoms. The number of ether oxygens (including phenoxy) is 1. The minimum absolute atomic E-state index is 0.149. The van der Waals surface area contributed by atoms with Gasteiger partial charge in [-0.3, -0.25) is 9.59 Å². The van der Waals surface area contributed by atoms with Gasteiger partial charge in [-0.25, -0.2) is 0 Å². The molecule has 0 aliphatic rings. The summed E-state index contributed by atoms with van der Waals surface area (Å²) in [5, 5.41) is 3.29. The predicted molar refractivity (Wildman–Crippen MR) is 121 cm³/mol. The Morgan fingerprint density at radius 1 is 1.03 bits per heavy atom. The monoisotopic (exact) mass is 463 g/mol. The molecule has 0 radical (unpaired) electrons. The summed E-state index contributed by atoms with van der Waals surface area (Å²) in [5.41, 5.74) is 2.07. The molecule has 4 rings (SSSR count). The first-order valence-corrected chi connectivity index (χ1v) is 10.2. The van der Waals surface area contributed by atoms with E-state index in [-0.39, 0.29) is 11.3 Å². The average molecular weight is 464 g/mol. The lowest BCUT2D eigenvalue weighted by atomic mass is 10.1. The number of hydrogen-bond donors (Lipinski definition) is 1. The maximum absolute atomic E-state index is 12.6. The zero-order valence-electron chi connectivity index (χ0n) is 16.1. The van der Waals surface area contributed by atoms with Crippen LogP contribution in [0.3, 0.4) is 0 Å². The third kappa shape index (κ3) is 4.14. The van der Waals surface area contributed by atoms with E-state index in [1.165, 1.54) is 6.07 Å². The Morgan fingerprint density at radius 2 is 1.80 bits per heavy atom. The van der Waals surface area contributed by atoms with E-state index in [0.29, 0.717) is 39.1 Å². The van der Waals surface area contributed by atoms with Crippen molar-refractivity contribution in [3.63, 3.8) is 0 Å². The van der Waals surface area contributed by atoms with Crippen LogP contribution in [-0.4, -0.2) is 12.5 Å². The molecule has 1 N–H and O–H groups in total. The molecule has 150 valence electrons. The largest absolute Gasteiger partial charge is 0.494 e. The summed E-state index contributed by atoms with van der Waals surface area (Å²) in [7, 11) is 0. The van der Waals surface area contributed by atoms with Crippen LogP contribution in [0.4, 0.5) is 5.69 Å². The smallest absolute Gasteiger partial charge is 0.256 e. The van der Waals surface area contributed by atoms with Crippen LogP contribution < -0.4 is 15.5 Å². The van der Waals surface area contributed by atoms with E-state index in [4.69, 9.17) is 9.15 Å². The second kappa shape index (κ2) is 8.55. The zero-order valence-corrected chi connectivity index (χ0v) is 17.7. The summed E-state index contributed by atoms with van der Waals surface area (Å²) in [6.07, 6.45) is 0. The van der Waals surface area contributed by atoms with Gasteiger partial charge in [0.05, 0.1) is 17.6 Å². The molecule has 3 aromatic carbocycles. The number of rotatable bonds is 5. The van der Waals surface area contributed by atoms with Crippen molar-refractivity contribution in [2.45, 2.75) is 6.92 Å². The van der Waals surface area contributed by atoms with Crippen molar-refractivity contribution in [1.29, 1.82) is 0 Å². The standard InChI is InChI=1S/C24H18BrNO4/c1-2-29-17-10-7-15(8-11-17)22-14-21(27)19-12-9-16(13-23(19)30-22)26-24(28)18-5-3-4-6-20(18)25/h3-14H,2H2,1H3,(H,26,28). The van der Waals surface area contributed by atoms with Crippen LogP contribution in [0.25, 0.3) is 22.3 Å². The SMILES string of the molecule is CCOc1ccc(-c2cc(=O)c3ccc(NC(=O)c4ccccc4Br)cc3o2)cc1. The molecule has 0 atom stereocenters. The number of nitrogens with one attached hydrogen (secondary N) is 1. The first kappa shape index (κ1) is 19.9. The Hall–Kier alpha value is -3.38. The molecule has 0 aliphatic heterocycles. The maximum Gasteiger partial charge on any atom is 0.256 e. The third-order valence-corrected chi connectivity index (χ3v) is 5.25. The highest BCUT2D eigenvalue weighted by molar-refractivity contribution is 9.10. The Balaban J connectivity index is 1.67. The topological polar surface area (TPSA) is 68.5 Å². The number of fused-ring (bicyclic) bond motifs is 1. The van der Waals surface area contributed by atoms with Crippen LogP contribution in [0.15, 0.2) is 86.5 Å². The van der Waals surface area contributed by atoms with Crippen molar-refractivity contribution >= 4 is 38.5 Å². The van der Waals surface area contributed by atoms with E-state index in [1.54, 1.807) is 36.4 Å². The first-order chi connectivity index (χ1) is 14.5. The van der Waals surface area contributed by atoms with Crippen molar-refractivity contribution in [2.24, 2.45) is 0 Å². The molecule has 1 amide bonds. The number of carbonyl (C=O) groups excluding carboxylic acids is 1. The Morgan fingerprint density at radius 3 is 2.53 bits per heavy atom. The normalized spacial score (nSPS) is 10.7. The van der Waals surface area contributed by atoms with E-state index in [2.05, 4.69) is 21.2 Å². The van der Waals surface area contributed by atoms with E-state index in [9.17, 15) is 9.59 Å². The van der Waals surface area contributed by atoms with Gasteiger partial charge in [0.1, 0.15) is 17.1 Å². The quantitative estimate of drug-likeness (QED) is 0.401. The number of anilines is 1. The molecule has 1 aromatic heterocycles. The van der Waals surface area contributed by atoms with Gasteiger partial charge in [-0.1, -0.05) is 12.1 Å². The van der Waals surface area contributed by atoms with Gasteiger partial charge in [-0.05, 0) is 71.4 Å². The number of carbonyl (C=O) groups is 1. The number of halogens is 1. The number of hydrogen-bond acceptors (Lipinski definition) is 4. The van der Waals surface area contributed by atoms with E-state index in [0.717, 1.165) is 11.3 Å². The minimum atomic E-state index is -0.258. The van der Waals surface area contributed by atoms with Gasteiger partial charge in [0.25, 0.3) is 5.91 Å². The summed E-state index contributed by atoms with van der Waals surface area (Å²) in [6, 6.07) is 21.0. The molecular weight excluding hydrogens is 446 g/mol. The summed E-state index contributed by atoms with van der Waals surface area (Å²) in [5.74, 6) is 0.943. The lowest BCUT2D eigenvalue weighted by molar-refractivity contribution is 0.102. The van der Waals surface area contributed by atoms with Crippen LogP contribution in [0.5, 0.6) is 5.75 Å². The highest BCUT2D eigenvalue weighted by Gasteiger charge is 2.12. The highest BCUT2D eigenvalue weighted by Crippen LogP contribution is 2.26. The Bertz CT molecular complexity index is 1280. The minimum Gasteiger partial charge on any atom is -0.494 e. The van der Waals surface area contributed by atoms with Gasteiger partial charge in [0, 0.05) is 27.9 Å². The molecule has 30 heavy (non-hydrogen) atoms. The Labute approximate surface area is 181 Å². The number of benzene rings is 3. The summed E-state index contributed by atoms with van der Waals surface area (Å²) >= 11 is 3.38. The fourth-order valence-corrected chi connectivity index (χ4v) is 3.57. The lowest BCUT2D eigenvalue weighted by Gasteiger charge is -2.09. The molecule has 0 spiro atoms. The van der Waals surface area contributed by atoms with Gasteiger partial charge in [-0.15, -0.1) is 0 Å². The van der Waals surface area contributed by atoms with Crippen LogP contribution in [0.1, 0.15) is 17.3 Å². The van der Waals surface area contributed by atoms with E-state index in [1.807, 2.05) is 37.3 Å². The summed E-state index contributed by atoms with van der Waals surface area (Å²) < 4.78 is 12.1. The molecule has 0 aliphatic carbocycles. The fourth-order valence-electron chi connectivity index (χ4n) is 3.10. The van der Waals surface area contributed by atoms with Gasteiger partial charge in [-0.2, -0.15) is 0 Å². The molecular formula is C24H18BrNO4. The molecule has 1 heterocycles. The first-order valence-electron chi connectivity index (χ1n) is 9.42. The van der Waals surface area contributed by atoms with Crippen LogP contribution in [-0.2, 0) is 0 Å². The highest BCUT2D eigenvalue weighted by atomic mass is 79.9. The van der Waals surface area contributed by atoms with Crippen LogP contribution in [0, 0.1) is 0 Å². The van der Waals surface area contributed by atoms with Gasteiger partial charge in [0.15, 0.2) is 5.43 Å². The van der Waals surface area contributed by atoms with Gasteiger partial charge >= 0.3 is 0 Å². The molecule has 4 aromatic rings. The average Bonchev–Trinajstić information content (AvgIpc) is 2.74.